The van der Waals surface area contributed by atoms with Gasteiger partial charge in [-0.15, -0.1) is 0 Å². The van der Waals surface area contributed by atoms with Gasteiger partial charge in [0.1, 0.15) is 5.82 Å². The van der Waals surface area contributed by atoms with Crippen LogP contribution in [-0.4, -0.2) is 28.2 Å². The van der Waals surface area contributed by atoms with Gasteiger partial charge in [0.15, 0.2) is 4.32 Å². The zero-order valence-corrected chi connectivity index (χ0v) is 12.3. The molecule has 3 rings (SSSR count). The van der Waals surface area contributed by atoms with Crippen molar-refractivity contribution in [1.29, 1.82) is 0 Å². The van der Waals surface area contributed by atoms with Gasteiger partial charge in [0.05, 0.1) is 10.6 Å². The first kappa shape index (κ1) is 13.6. The molecule has 1 aromatic rings. The summed E-state index contributed by atoms with van der Waals surface area (Å²) in [5.41, 5.74) is 0.610. The van der Waals surface area contributed by atoms with Gasteiger partial charge in [0, 0.05) is 19.3 Å². The maximum absolute atomic E-state index is 13.0. The summed E-state index contributed by atoms with van der Waals surface area (Å²) < 4.78 is 13.4. The molecule has 2 fully saturated rings. The normalized spacial score (nSPS) is 21.4. The van der Waals surface area contributed by atoms with E-state index >= 15 is 0 Å². The Hall–Kier alpha value is -1.40. The third kappa shape index (κ3) is 2.58. The summed E-state index contributed by atoms with van der Waals surface area (Å²) in [5.74, 6) is -0.453. The van der Waals surface area contributed by atoms with E-state index in [0.29, 0.717) is 14.9 Å². The van der Waals surface area contributed by atoms with Crippen molar-refractivity contribution in [3.8, 4) is 0 Å². The van der Waals surface area contributed by atoms with Crippen molar-refractivity contribution in [3.63, 3.8) is 0 Å². The molecule has 0 unspecified atom stereocenters. The molecular formula is C14H13FN2OS2. The number of likely N-dealkylation sites (tertiary alicyclic amines) is 1. The molecule has 0 aliphatic carbocycles. The zero-order valence-electron chi connectivity index (χ0n) is 10.7. The fraction of sp³-hybridized carbons (Fsp3) is 0.286. The second-order valence-corrected chi connectivity index (χ2v) is 6.40. The maximum atomic E-state index is 13.0. The van der Waals surface area contributed by atoms with Crippen LogP contribution in [0.15, 0.2) is 35.4 Å². The van der Waals surface area contributed by atoms with Crippen molar-refractivity contribution in [3.05, 3.63) is 41.2 Å². The number of carbonyl (C=O) groups excluding carboxylic acids is 1. The molecule has 2 aliphatic rings. The zero-order chi connectivity index (χ0) is 14.1. The lowest BCUT2D eigenvalue weighted by atomic mass is 10.3. The van der Waals surface area contributed by atoms with Crippen LogP contribution in [0.3, 0.4) is 0 Å². The van der Waals surface area contributed by atoms with Crippen LogP contribution >= 0.6 is 24.0 Å². The van der Waals surface area contributed by atoms with Crippen molar-refractivity contribution in [1.82, 2.24) is 4.90 Å². The number of hydrogen-bond acceptors (Lipinski definition) is 4. The molecule has 2 aliphatic heterocycles. The largest absolute Gasteiger partial charge is 0.376 e. The second kappa shape index (κ2) is 5.54. The molecule has 0 spiro atoms. The first-order valence-electron chi connectivity index (χ1n) is 6.43. The van der Waals surface area contributed by atoms with Gasteiger partial charge >= 0.3 is 0 Å². The summed E-state index contributed by atoms with van der Waals surface area (Å²) in [7, 11) is 0. The van der Waals surface area contributed by atoms with E-state index in [2.05, 4.69) is 4.90 Å². The number of amides is 1. The Morgan fingerprint density at radius 3 is 2.50 bits per heavy atom. The van der Waals surface area contributed by atoms with Gasteiger partial charge in [-0.2, -0.15) is 0 Å². The smallest absolute Gasteiger partial charge is 0.272 e. The van der Waals surface area contributed by atoms with Crippen molar-refractivity contribution in [2.45, 2.75) is 12.8 Å². The van der Waals surface area contributed by atoms with Gasteiger partial charge < -0.3 is 4.90 Å². The van der Waals surface area contributed by atoms with E-state index in [4.69, 9.17) is 12.2 Å². The summed E-state index contributed by atoms with van der Waals surface area (Å²) in [6.45, 7) is 1.97. The standard InChI is InChI=1S/C14H13FN2OS2/c15-10-3-5-11(6-4-10)17-13(18)12(20-14(17)19)9-16-7-1-2-8-16/h3-6,9H,1-2,7-8H2/b12-9-. The Morgan fingerprint density at radius 2 is 1.85 bits per heavy atom. The predicted octanol–water partition coefficient (Wildman–Crippen LogP) is 3.13. The molecule has 0 aromatic heterocycles. The molecular weight excluding hydrogens is 295 g/mol. The predicted molar refractivity (Wildman–Crippen MR) is 83.0 cm³/mol. The van der Waals surface area contributed by atoms with E-state index in [1.165, 1.54) is 28.8 Å². The first-order valence-corrected chi connectivity index (χ1v) is 7.65. The topological polar surface area (TPSA) is 23.6 Å². The number of rotatable bonds is 2. The van der Waals surface area contributed by atoms with Gasteiger partial charge in [-0.3, -0.25) is 9.69 Å². The van der Waals surface area contributed by atoms with Gasteiger partial charge in [-0.05, 0) is 37.1 Å². The number of anilines is 1. The molecule has 2 heterocycles. The SMILES string of the molecule is O=C1/C(=C/N2CCCC2)SC(=S)N1c1ccc(F)cc1. The highest BCUT2D eigenvalue weighted by atomic mass is 32.2. The minimum absolute atomic E-state index is 0.126. The Labute approximate surface area is 126 Å². The molecule has 20 heavy (non-hydrogen) atoms. The number of nitrogens with zero attached hydrogens (tertiary/aromatic N) is 2. The van der Waals surface area contributed by atoms with Gasteiger partial charge in [-0.1, -0.05) is 24.0 Å². The van der Waals surface area contributed by atoms with Gasteiger partial charge in [-0.25, -0.2) is 4.39 Å². The molecule has 2 saturated heterocycles. The van der Waals surface area contributed by atoms with E-state index in [-0.39, 0.29) is 11.7 Å². The summed E-state index contributed by atoms with van der Waals surface area (Å²) in [6.07, 6.45) is 4.22. The minimum Gasteiger partial charge on any atom is -0.376 e. The minimum atomic E-state index is -0.327. The van der Waals surface area contributed by atoms with Crippen molar-refractivity contribution in [2.75, 3.05) is 18.0 Å². The van der Waals surface area contributed by atoms with E-state index in [9.17, 15) is 9.18 Å². The first-order chi connectivity index (χ1) is 9.65. The average Bonchev–Trinajstić information content (AvgIpc) is 3.02. The number of hydrogen-bond donors (Lipinski definition) is 0. The summed E-state index contributed by atoms with van der Waals surface area (Å²) in [6, 6.07) is 5.80. The van der Waals surface area contributed by atoms with Gasteiger partial charge in [0.25, 0.3) is 5.91 Å². The Bertz CT molecular complexity index is 579. The number of halogens is 1. The maximum Gasteiger partial charge on any atom is 0.272 e. The summed E-state index contributed by atoms with van der Waals surface area (Å²) >= 11 is 6.57. The van der Waals surface area contributed by atoms with E-state index in [1.807, 2.05) is 6.20 Å². The average molecular weight is 308 g/mol. The van der Waals surface area contributed by atoms with Crippen LogP contribution in [-0.2, 0) is 4.79 Å². The van der Waals surface area contributed by atoms with Gasteiger partial charge in [0.2, 0.25) is 0 Å². The van der Waals surface area contributed by atoms with Crippen LogP contribution in [0.25, 0.3) is 0 Å². The Kier molecular flexibility index (Phi) is 3.76. The third-order valence-corrected chi connectivity index (χ3v) is 4.61. The lowest BCUT2D eigenvalue weighted by Gasteiger charge is -2.14. The number of carbonyl (C=O) groups is 1. The van der Waals surface area contributed by atoms with Crippen LogP contribution < -0.4 is 4.90 Å². The summed E-state index contributed by atoms with van der Waals surface area (Å²) in [4.78, 5) is 16.7. The Balaban J connectivity index is 1.84. The van der Waals surface area contributed by atoms with Crippen LogP contribution in [0.1, 0.15) is 12.8 Å². The molecule has 3 nitrogen and oxygen atoms in total. The number of benzene rings is 1. The van der Waals surface area contributed by atoms with Crippen molar-refractivity contribution < 1.29 is 9.18 Å². The highest BCUT2D eigenvalue weighted by Crippen LogP contribution is 2.35. The highest BCUT2D eigenvalue weighted by Gasteiger charge is 2.34. The Morgan fingerprint density at radius 1 is 1.20 bits per heavy atom. The molecule has 0 radical (unpaired) electrons. The second-order valence-electron chi connectivity index (χ2n) is 4.72. The lowest BCUT2D eigenvalue weighted by molar-refractivity contribution is -0.113. The van der Waals surface area contributed by atoms with E-state index < -0.39 is 0 Å². The van der Waals surface area contributed by atoms with Crippen LogP contribution in [0, 0.1) is 5.82 Å². The monoisotopic (exact) mass is 308 g/mol. The van der Waals surface area contributed by atoms with E-state index in [0.717, 1.165) is 25.9 Å². The number of thioether (sulfide) groups is 1. The molecule has 1 amide bonds. The fourth-order valence-electron chi connectivity index (χ4n) is 2.31. The summed E-state index contributed by atoms with van der Waals surface area (Å²) in [5, 5.41) is 0. The third-order valence-electron chi connectivity index (χ3n) is 3.32. The molecule has 104 valence electrons. The van der Waals surface area contributed by atoms with Crippen molar-refractivity contribution >= 4 is 39.9 Å². The molecule has 6 heteroatoms. The van der Waals surface area contributed by atoms with Crippen molar-refractivity contribution in [2.24, 2.45) is 0 Å². The van der Waals surface area contributed by atoms with E-state index in [1.54, 1.807) is 12.1 Å². The quantitative estimate of drug-likeness (QED) is 0.619. The highest BCUT2D eigenvalue weighted by molar-refractivity contribution is 8.27. The molecule has 0 saturated carbocycles. The molecule has 1 aromatic carbocycles. The van der Waals surface area contributed by atoms with Crippen LogP contribution in [0.4, 0.5) is 10.1 Å². The fourth-order valence-corrected chi connectivity index (χ4v) is 3.61. The number of thiocarbonyl (C=S) groups is 1. The molecule has 0 N–H and O–H groups in total. The van der Waals surface area contributed by atoms with Crippen LogP contribution in [0.5, 0.6) is 0 Å². The molecule has 0 bridgehead atoms. The van der Waals surface area contributed by atoms with Crippen LogP contribution in [0.2, 0.25) is 0 Å². The lowest BCUT2D eigenvalue weighted by Crippen LogP contribution is -2.27. The molecule has 0 atom stereocenters.